The van der Waals surface area contributed by atoms with Gasteiger partial charge in [-0.2, -0.15) is 0 Å². The van der Waals surface area contributed by atoms with Gasteiger partial charge in [0.15, 0.2) is 0 Å². The number of nitrogens with zero attached hydrogens (tertiary/aromatic N) is 2. The van der Waals surface area contributed by atoms with E-state index in [1.54, 1.807) is 12.1 Å². The third kappa shape index (κ3) is 5.50. The molecule has 0 atom stereocenters. The van der Waals surface area contributed by atoms with Crippen LogP contribution in [0.15, 0.2) is 97.1 Å². The summed E-state index contributed by atoms with van der Waals surface area (Å²) in [6.45, 7) is 0.896. The molecule has 6 nitrogen and oxygen atoms in total. The van der Waals surface area contributed by atoms with Crippen LogP contribution in [0.25, 0.3) is 22.4 Å². The van der Waals surface area contributed by atoms with Crippen LogP contribution in [0.3, 0.4) is 0 Å². The van der Waals surface area contributed by atoms with Crippen molar-refractivity contribution in [2.45, 2.75) is 44.9 Å². The Balaban J connectivity index is 1.42. The predicted molar refractivity (Wildman–Crippen MR) is 153 cm³/mol. The molecule has 1 heterocycles. The highest BCUT2D eigenvalue weighted by atomic mass is 16.5. The molecular weight excluding hydrogens is 486 g/mol. The van der Waals surface area contributed by atoms with Crippen molar-refractivity contribution in [2.24, 2.45) is 5.73 Å². The number of hydrogen-bond acceptors (Lipinski definition) is 4. The number of aromatic nitrogens is 2. The minimum atomic E-state index is -0.457. The number of benzene rings is 4. The molecule has 1 amide bonds. The average Bonchev–Trinajstić information content (AvgIpc) is 3.63. The van der Waals surface area contributed by atoms with Crippen molar-refractivity contribution >= 4 is 16.9 Å². The third-order valence-electron chi connectivity index (χ3n) is 7.30. The normalized spacial score (nSPS) is 13.5. The smallest absolute Gasteiger partial charge is 0.248 e. The van der Waals surface area contributed by atoms with Crippen molar-refractivity contribution in [3.05, 3.63) is 114 Å². The Bertz CT molecular complexity index is 1530. The fourth-order valence-corrected chi connectivity index (χ4v) is 5.34. The van der Waals surface area contributed by atoms with Crippen LogP contribution in [0.1, 0.15) is 53.2 Å². The maximum absolute atomic E-state index is 11.9. The van der Waals surface area contributed by atoms with E-state index in [1.807, 2.05) is 84.9 Å². The summed E-state index contributed by atoms with van der Waals surface area (Å²) in [6.07, 6.45) is 4.57. The van der Waals surface area contributed by atoms with E-state index in [0.29, 0.717) is 36.3 Å². The number of carbonyl (C=O) groups is 1. The number of hydrogen-bond donors (Lipinski definition) is 1. The largest absolute Gasteiger partial charge is 0.489 e. The number of nitrogens with two attached hydrogens (primary N) is 1. The van der Waals surface area contributed by atoms with Gasteiger partial charge < -0.3 is 19.8 Å². The Morgan fingerprint density at radius 3 is 1.95 bits per heavy atom. The van der Waals surface area contributed by atoms with Gasteiger partial charge in [-0.1, -0.05) is 73.5 Å². The second-order valence-electron chi connectivity index (χ2n) is 10.1. The van der Waals surface area contributed by atoms with E-state index >= 15 is 0 Å². The maximum Gasteiger partial charge on any atom is 0.248 e. The summed E-state index contributed by atoms with van der Waals surface area (Å²) in [5, 5.41) is 0. The first-order chi connectivity index (χ1) is 19.1. The first kappa shape index (κ1) is 24.7. The number of carbonyl (C=O) groups excluding carboxylic acids is 1. The maximum atomic E-state index is 11.9. The van der Waals surface area contributed by atoms with Crippen molar-refractivity contribution in [1.82, 2.24) is 9.55 Å². The third-order valence-corrected chi connectivity index (χ3v) is 7.30. The van der Waals surface area contributed by atoms with Crippen LogP contribution in [0.2, 0.25) is 0 Å². The average molecular weight is 518 g/mol. The molecule has 6 rings (SSSR count). The first-order valence-corrected chi connectivity index (χ1v) is 13.4. The van der Waals surface area contributed by atoms with Crippen LogP contribution in [0.4, 0.5) is 0 Å². The Morgan fingerprint density at radius 1 is 0.795 bits per heavy atom. The Morgan fingerprint density at radius 2 is 1.38 bits per heavy atom. The van der Waals surface area contributed by atoms with E-state index < -0.39 is 5.91 Å². The Labute approximate surface area is 228 Å². The number of amides is 1. The van der Waals surface area contributed by atoms with E-state index in [-0.39, 0.29) is 0 Å². The van der Waals surface area contributed by atoms with Gasteiger partial charge >= 0.3 is 0 Å². The molecule has 1 aliphatic rings. The van der Waals surface area contributed by atoms with Gasteiger partial charge in [0.2, 0.25) is 5.91 Å². The zero-order chi connectivity index (χ0) is 26.6. The van der Waals surface area contributed by atoms with Gasteiger partial charge in [-0.15, -0.1) is 0 Å². The van der Waals surface area contributed by atoms with Gasteiger partial charge in [0.25, 0.3) is 0 Å². The zero-order valence-corrected chi connectivity index (χ0v) is 21.8. The minimum absolute atomic E-state index is 0.340. The number of imidazole rings is 1. The molecule has 0 spiro atoms. The van der Waals surface area contributed by atoms with Gasteiger partial charge in [-0.05, 0) is 54.3 Å². The predicted octanol–water partition coefficient (Wildman–Crippen LogP) is 7.08. The highest BCUT2D eigenvalue weighted by Gasteiger charge is 2.24. The second-order valence-corrected chi connectivity index (χ2v) is 10.1. The van der Waals surface area contributed by atoms with E-state index in [1.165, 1.54) is 12.8 Å². The molecule has 0 saturated heterocycles. The topological polar surface area (TPSA) is 79.4 Å². The molecule has 0 unspecified atom stereocenters. The van der Waals surface area contributed by atoms with Crippen LogP contribution in [-0.2, 0) is 13.2 Å². The SMILES string of the molecule is NC(=O)c1ccc2c(c1)nc(-c1cc(OCc3ccccc3)cc(OCc3ccccc3)c1)n2C1CCCC1. The number of fused-ring (bicyclic) bond motifs is 1. The lowest BCUT2D eigenvalue weighted by Crippen LogP contribution is -2.10. The van der Waals surface area contributed by atoms with Crippen molar-refractivity contribution < 1.29 is 14.3 Å². The summed E-state index contributed by atoms with van der Waals surface area (Å²) in [6, 6.07) is 32.1. The molecule has 1 aliphatic carbocycles. The van der Waals surface area contributed by atoms with Crippen molar-refractivity contribution in [3.63, 3.8) is 0 Å². The van der Waals surface area contributed by atoms with Gasteiger partial charge in [0.1, 0.15) is 30.5 Å². The summed E-state index contributed by atoms with van der Waals surface area (Å²) < 4.78 is 14.8. The van der Waals surface area contributed by atoms with Crippen LogP contribution >= 0.6 is 0 Å². The van der Waals surface area contributed by atoms with E-state index in [4.69, 9.17) is 20.2 Å². The second kappa shape index (κ2) is 11.0. The fraction of sp³-hybridized carbons (Fsp3) is 0.212. The van der Waals surface area contributed by atoms with Crippen molar-refractivity contribution in [1.29, 1.82) is 0 Å². The van der Waals surface area contributed by atoms with E-state index in [2.05, 4.69) is 4.57 Å². The summed E-state index contributed by atoms with van der Waals surface area (Å²) in [5.41, 5.74) is 10.9. The van der Waals surface area contributed by atoms with Crippen molar-refractivity contribution in [2.75, 3.05) is 0 Å². The lowest BCUT2D eigenvalue weighted by molar-refractivity contribution is 0.100. The monoisotopic (exact) mass is 517 g/mol. The molecule has 1 aromatic heterocycles. The Hall–Kier alpha value is -4.58. The molecule has 0 bridgehead atoms. The van der Waals surface area contributed by atoms with Gasteiger partial charge in [-0.25, -0.2) is 4.98 Å². The molecule has 6 heteroatoms. The summed E-state index contributed by atoms with van der Waals surface area (Å²) in [5.74, 6) is 1.81. The van der Waals surface area contributed by atoms with Gasteiger partial charge in [0, 0.05) is 23.2 Å². The highest BCUT2D eigenvalue weighted by molar-refractivity contribution is 5.96. The molecule has 0 aliphatic heterocycles. The lowest BCUT2D eigenvalue weighted by Gasteiger charge is -2.18. The molecule has 1 saturated carbocycles. The molecule has 196 valence electrons. The van der Waals surface area contributed by atoms with Gasteiger partial charge in [0.05, 0.1) is 11.0 Å². The Kier molecular flexibility index (Phi) is 7.00. The van der Waals surface area contributed by atoms with Crippen LogP contribution in [-0.4, -0.2) is 15.5 Å². The molecule has 2 N–H and O–H groups in total. The van der Waals surface area contributed by atoms with E-state index in [9.17, 15) is 4.79 Å². The molecule has 5 aromatic rings. The molecule has 0 radical (unpaired) electrons. The standard InChI is InChI=1S/C33H31N3O3/c34-32(37)25-15-16-31-30(19-25)35-33(36(31)27-13-7-8-14-27)26-17-28(38-21-23-9-3-1-4-10-23)20-29(18-26)39-22-24-11-5-2-6-12-24/h1-6,9-12,15-20,27H,7-8,13-14,21-22H2,(H2,34,37). The van der Waals surface area contributed by atoms with Crippen molar-refractivity contribution in [3.8, 4) is 22.9 Å². The zero-order valence-electron chi connectivity index (χ0n) is 21.8. The van der Waals surface area contributed by atoms with Crippen LogP contribution in [0.5, 0.6) is 11.5 Å². The number of ether oxygens (including phenoxy) is 2. The molecule has 4 aromatic carbocycles. The highest BCUT2D eigenvalue weighted by Crippen LogP contribution is 2.39. The summed E-state index contributed by atoms with van der Waals surface area (Å²) >= 11 is 0. The van der Waals surface area contributed by atoms with E-state index in [0.717, 1.165) is 46.4 Å². The summed E-state index contributed by atoms with van der Waals surface area (Å²) in [7, 11) is 0. The van der Waals surface area contributed by atoms with Crippen LogP contribution in [0, 0.1) is 0 Å². The number of rotatable bonds is 9. The molecule has 1 fully saturated rings. The molecular formula is C33H31N3O3. The van der Waals surface area contributed by atoms with Crippen LogP contribution < -0.4 is 15.2 Å². The fourth-order valence-electron chi connectivity index (χ4n) is 5.34. The quantitative estimate of drug-likeness (QED) is 0.227. The van der Waals surface area contributed by atoms with Gasteiger partial charge in [-0.3, -0.25) is 4.79 Å². The summed E-state index contributed by atoms with van der Waals surface area (Å²) in [4.78, 5) is 16.9. The molecule has 39 heavy (non-hydrogen) atoms. The minimum Gasteiger partial charge on any atom is -0.489 e. The number of primary amides is 1. The first-order valence-electron chi connectivity index (χ1n) is 13.4. The lowest BCUT2D eigenvalue weighted by atomic mass is 10.1.